The lowest BCUT2D eigenvalue weighted by molar-refractivity contribution is -0.132. The maximum absolute atomic E-state index is 13.6. The number of hydrogen-bond acceptors (Lipinski definition) is 5. The number of aryl methyl sites for hydroxylation is 1. The molecule has 6 nitrogen and oxygen atoms in total. The first kappa shape index (κ1) is 21.9. The van der Waals surface area contributed by atoms with Crippen molar-refractivity contribution in [3.8, 4) is 0 Å². The van der Waals surface area contributed by atoms with Crippen LogP contribution in [0.3, 0.4) is 0 Å². The molecule has 0 radical (unpaired) electrons. The van der Waals surface area contributed by atoms with Gasteiger partial charge >= 0.3 is 0 Å². The maximum Gasteiger partial charge on any atom is 0.261 e. The van der Waals surface area contributed by atoms with Crippen molar-refractivity contribution in [2.45, 2.75) is 30.7 Å². The highest BCUT2D eigenvalue weighted by atomic mass is 35.7. The van der Waals surface area contributed by atoms with E-state index in [1.165, 1.54) is 18.2 Å². The summed E-state index contributed by atoms with van der Waals surface area (Å²) in [6.07, 6.45) is 1.73. The lowest BCUT2D eigenvalue weighted by Crippen LogP contribution is -2.55. The number of piperazine rings is 1. The van der Waals surface area contributed by atoms with Gasteiger partial charge in [-0.25, -0.2) is 12.8 Å². The van der Waals surface area contributed by atoms with Crippen molar-refractivity contribution in [1.29, 1.82) is 0 Å². The van der Waals surface area contributed by atoms with Crippen molar-refractivity contribution in [2.75, 3.05) is 42.5 Å². The van der Waals surface area contributed by atoms with Crippen LogP contribution in [0.4, 0.5) is 15.8 Å². The molecule has 2 heterocycles. The number of nitrogens with zero attached hydrogens (tertiary/aromatic N) is 3. The molecule has 0 bridgehead atoms. The summed E-state index contributed by atoms with van der Waals surface area (Å²) in [5.41, 5.74) is 2.80. The van der Waals surface area contributed by atoms with Crippen LogP contribution >= 0.6 is 10.7 Å². The second-order valence-electron chi connectivity index (χ2n) is 7.99. The van der Waals surface area contributed by atoms with E-state index < -0.39 is 9.05 Å². The van der Waals surface area contributed by atoms with Crippen LogP contribution in [0.5, 0.6) is 0 Å². The third-order valence-corrected chi connectivity index (χ3v) is 7.47. The van der Waals surface area contributed by atoms with Gasteiger partial charge in [0.05, 0.1) is 4.90 Å². The number of rotatable bonds is 4. The first-order chi connectivity index (χ1) is 14.7. The van der Waals surface area contributed by atoms with E-state index in [0.29, 0.717) is 26.2 Å². The van der Waals surface area contributed by atoms with Gasteiger partial charge in [0.15, 0.2) is 0 Å². The monoisotopic (exact) mass is 465 g/mol. The molecule has 9 heteroatoms. The van der Waals surface area contributed by atoms with Gasteiger partial charge in [0, 0.05) is 54.8 Å². The molecule has 2 aromatic carbocycles. The summed E-state index contributed by atoms with van der Waals surface area (Å²) in [6.45, 7) is 5.19. The Morgan fingerprint density at radius 3 is 2.35 bits per heavy atom. The smallest absolute Gasteiger partial charge is 0.261 e. The van der Waals surface area contributed by atoms with Crippen LogP contribution in [0.1, 0.15) is 18.9 Å². The van der Waals surface area contributed by atoms with Crippen LogP contribution in [0, 0.1) is 5.82 Å². The fourth-order valence-corrected chi connectivity index (χ4v) is 5.17. The van der Waals surface area contributed by atoms with Crippen molar-refractivity contribution in [3.05, 3.63) is 53.8 Å². The van der Waals surface area contributed by atoms with Crippen molar-refractivity contribution in [1.82, 2.24) is 4.90 Å². The van der Waals surface area contributed by atoms with Crippen LogP contribution in [-0.4, -0.2) is 58.0 Å². The van der Waals surface area contributed by atoms with Gasteiger partial charge in [-0.1, -0.05) is 0 Å². The third kappa shape index (κ3) is 4.65. The van der Waals surface area contributed by atoms with Gasteiger partial charge in [-0.2, -0.15) is 0 Å². The van der Waals surface area contributed by atoms with Crippen LogP contribution in [0.25, 0.3) is 0 Å². The molecule has 1 fully saturated rings. The standard InChI is InChI=1S/C22H25ClFN3O3S/c1-16(27-10-2-3-17-15-18(24)4-9-21(17)27)22(28)26-13-11-25(12-14-26)19-5-7-20(8-6-19)31(23,29)30/h4-9,15-16H,2-3,10-14H2,1H3/t16-/m1/s1. The average molecular weight is 466 g/mol. The zero-order valence-corrected chi connectivity index (χ0v) is 18.9. The van der Waals surface area contributed by atoms with Gasteiger partial charge in [0.1, 0.15) is 11.9 Å². The number of amides is 1. The van der Waals surface area contributed by atoms with E-state index in [1.807, 2.05) is 11.8 Å². The second-order valence-corrected chi connectivity index (χ2v) is 10.6. The van der Waals surface area contributed by atoms with Gasteiger partial charge in [-0.15, -0.1) is 0 Å². The van der Waals surface area contributed by atoms with Gasteiger partial charge in [-0.3, -0.25) is 4.79 Å². The molecule has 0 unspecified atom stereocenters. The normalized spacial score (nSPS) is 18.0. The zero-order chi connectivity index (χ0) is 22.2. The molecule has 0 spiro atoms. The predicted octanol–water partition coefficient (Wildman–Crippen LogP) is 3.24. The van der Waals surface area contributed by atoms with Gasteiger partial charge in [0.2, 0.25) is 5.91 Å². The van der Waals surface area contributed by atoms with Crippen LogP contribution in [0.15, 0.2) is 47.4 Å². The van der Waals surface area contributed by atoms with E-state index in [0.717, 1.165) is 36.3 Å². The fraction of sp³-hybridized carbons (Fsp3) is 0.409. The quantitative estimate of drug-likeness (QED) is 0.649. The first-order valence-electron chi connectivity index (χ1n) is 10.4. The van der Waals surface area contributed by atoms with E-state index in [2.05, 4.69) is 9.80 Å². The lowest BCUT2D eigenvalue weighted by Gasteiger charge is -2.41. The number of halogens is 2. The molecule has 0 N–H and O–H groups in total. The largest absolute Gasteiger partial charge is 0.368 e. The number of hydrogen-bond donors (Lipinski definition) is 0. The Kier molecular flexibility index (Phi) is 6.12. The molecule has 2 aromatic rings. The molecule has 0 aliphatic carbocycles. The van der Waals surface area contributed by atoms with Crippen LogP contribution in [0.2, 0.25) is 0 Å². The average Bonchev–Trinajstić information content (AvgIpc) is 2.77. The SMILES string of the molecule is C[C@H](C(=O)N1CCN(c2ccc(S(=O)(=O)Cl)cc2)CC1)N1CCCc2cc(F)ccc21. The van der Waals surface area contributed by atoms with Crippen molar-refractivity contribution in [3.63, 3.8) is 0 Å². The van der Waals surface area contributed by atoms with E-state index in [1.54, 1.807) is 24.3 Å². The zero-order valence-electron chi connectivity index (χ0n) is 17.3. The summed E-state index contributed by atoms with van der Waals surface area (Å²) < 4.78 is 36.4. The second kappa shape index (κ2) is 8.67. The highest BCUT2D eigenvalue weighted by Gasteiger charge is 2.31. The Labute approximate surface area is 186 Å². The summed E-state index contributed by atoms with van der Waals surface area (Å²) in [5, 5.41) is 0. The molecule has 1 atom stereocenters. The lowest BCUT2D eigenvalue weighted by atomic mass is 9.99. The summed E-state index contributed by atoms with van der Waals surface area (Å²) in [5.74, 6) is -0.173. The summed E-state index contributed by atoms with van der Waals surface area (Å²) in [7, 11) is 1.64. The van der Waals surface area contributed by atoms with E-state index in [9.17, 15) is 17.6 Å². The van der Waals surface area contributed by atoms with Crippen LogP contribution in [-0.2, 0) is 20.3 Å². The predicted molar refractivity (Wildman–Crippen MR) is 120 cm³/mol. The van der Waals surface area contributed by atoms with E-state index >= 15 is 0 Å². The molecule has 2 aliphatic rings. The molecule has 1 amide bonds. The van der Waals surface area contributed by atoms with Gasteiger partial charge in [0.25, 0.3) is 9.05 Å². The van der Waals surface area contributed by atoms with Crippen molar-refractivity contribution < 1.29 is 17.6 Å². The molecule has 31 heavy (non-hydrogen) atoms. The van der Waals surface area contributed by atoms with Gasteiger partial charge < -0.3 is 14.7 Å². The molecule has 166 valence electrons. The van der Waals surface area contributed by atoms with Gasteiger partial charge in [-0.05, 0) is 67.8 Å². The Morgan fingerprint density at radius 1 is 1.03 bits per heavy atom. The Bertz CT molecular complexity index is 1070. The third-order valence-electron chi connectivity index (χ3n) is 6.10. The molecule has 2 aliphatic heterocycles. The molecular weight excluding hydrogens is 441 g/mol. The minimum absolute atomic E-state index is 0.0698. The molecule has 0 saturated carbocycles. The molecule has 1 saturated heterocycles. The summed E-state index contributed by atoms with van der Waals surface area (Å²) in [4.78, 5) is 19.3. The number of carbonyl (C=O) groups excluding carboxylic acids is 1. The number of carbonyl (C=O) groups is 1. The van der Waals surface area contributed by atoms with E-state index in [-0.39, 0.29) is 22.7 Å². The number of benzene rings is 2. The van der Waals surface area contributed by atoms with Crippen molar-refractivity contribution in [2.24, 2.45) is 0 Å². The molecule has 4 rings (SSSR count). The topological polar surface area (TPSA) is 60.9 Å². The first-order valence-corrected chi connectivity index (χ1v) is 12.7. The summed E-state index contributed by atoms with van der Waals surface area (Å²) >= 11 is 0. The highest BCUT2D eigenvalue weighted by molar-refractivity contribution is 8.13. The highest BCUT2D eigenvalue weighted by Crippen LogP contribution is 2.30. The maximum atomic E-state index is 13.6. The fourth-order valence-electron chi connectivity index (χ4n) is 4.40. The van der Waals surface area contributed by atoms with Crippen LogP contribution < -0.4 is 9.80 Å². The number of anilines is 2. The summed E-state index contributed by atoms with van der Waals surface area (Å²) in [6, 6.07) is 10.9. The Morgan fingerprint density at radius 2 is 1.71 bits per heavy atom. The molecule has 0 aromatic heterocycles. The van der Waals surface area contributed by atoms with Crippen molar-refractivity contribution >= 4 is 37.0 Å². The minimum atomic E-state index is -3.74. The minimum Gasteiger partial charge on any atom is -0.368 e. The number of fused-ring (bicyclic) bond motifs is 1. The Hall–Kier alpha value is -2.32. The van der Waals surface area contributed by atoms with E-state index in [4.69, 9.17) is 10.7 Å². The molecular formula is C22H25ClFN3O3S. The Balaban J connectivity index is 1.40.